The standard InChI is InChI=1S/C20H23N3O4/c1-2-16-7-9-17(10-8-16)27-15-20(24)22-13-11-21(12-14-22)18-5-3-4-6-19(18)23(25)26/h3-10H,2,11-15H2,1H3. The van der Waals surface area contributed by atoms with Gasteiger partial charge in [-0.05, 0) is 30.2 Å². The van der Waals surface area contributed by atoms with Crippen molar-refractivity contribution < 1.29 is 14.5 Å². The number of para-hydroxylation sites is 2. The van der Waals surface area contributed by atoms with Crippen LogP contribution >= 0.6 is 0 Å². The average Bonchev–Trinajstić information content (AvgIpc) is 2.72. The summed E-state index contributed by atoms with van der Waals surface area (Å²) < 4.78 is 5.59. The van der Waals surface area contributed by atoms with Crippen LogP contribution < -0.4 is 9.64 Å². The molecule has 0 bridgehead atoms. The van der Waals surface area contributed by atoms with Gasteiger partial charge in [-0.2, -0.15) is 0 Å². The summed E-state index contributed by atoms with van der Waals surface area (Å²) in [6.45, 7) is 4.23. The molecule has 27 heavy (non-hydrogen) atoms. The first-order valence-corrected chi connectivity index (χ1v) is 9.06. The van der Waals surface area contributed by atoms with E-state index in [-0.39, 0.29) is 23.1 Å². The number of ether oxygens (including phenoxy) is 1. The molecule has 1 aliphatic heterocycles. The number of rotatable bonds is 6. The Labute approximate surface area is 158 Å². The molecule has 0 spiro atoms. The summed E-state index contributed by atoms with van der Waals surface area (Å²) in [6, 6.07) is 14.4. The smallest absolute Gasteiger partial charge is 0.292 e. The number of carbonyl (C=O) groups excluding carboxylic acids is 1. The topological polar surface area (TPSA) is 75.9 Å². The normalized spacial score (nSPS) is 14.1. The molecule has 0 atom stereocenters. The molecule has 2 aromatic carbocycles. The van der Waals surface area contributed by atoms with E-state index in [0.717, 1.165) is 6.42 Å². The summed E-state index contributed by atoms with van der Waals surface area (Å²) >= 11 is 0. The minimum Gasteiger partial charge on any atom is -0.484 e. The fourth-order valence-corrected chi connectivity index (χ4v) is 3.14. The summed E-state index contributed by atoms with van der Waals surface area (Å²) in [5.41, 5.74) is 1.91. The highest BCUT2D eigenvalue weighted by molar-refractivity contribution is 5.78. The Balaban J connectivity index is 1.52. The second kappa shape index (κ2) is 8.53. The molecule has 0 unspecified atom stereocenters. The first-order chi connectivity index (χ1) is 13.1. The molecule has 7 heteroatoms. The van der Waals surface area contributed by atoms with E-state index in [2.05, 4.69) is 6.92 Å². The van der Waals surface area contributed by atoms with Crippen molar-refractivity contribution in [2.45, 2.75) is 13.3 Å². The van der Waals surface area contributed by atoms with Crippen LogP contribution in [0.25, 0.3) is 0 Å². The molecule has 3 rings (SSSR count). The second-order valence-electron chi connectivity index (χ2n) is 6.40. The molecule has 0 aliphatic carbocycles. The van der Waals surface area contributed by atoms with Gasteiger partial charge < -0.3 is 14.5 Å². The SMILES string of the molecule is CCc1ccc(OCC(=O)N2CCN(c3ccccc3[N+](=O)[O-])CC2)cc1. The molecule has 0 saturated carbocycles. The van der Waals surface area contributed by atoms with Gasteiger partial charge in [0.05, 0.1) is 4.92 Å². The monoisotopic (exact) mass is 369 g/mol. The van der Waals surface area contributed by atoms with Crippen molar-refractivity contribution in [3.63, 3.8) is 0 Å². The van der Waals surface area contributed by atoms with Crippen molar-refractivity contribution >= 4 is 17.3 Å². The van der Waals surface area contributed by atoms with Crippen LogP contribution in [0.2, 0.25) is 0 Å². The number of nitrogens with zero attached hydrogens (tertiary/aromatic N) is 3. The zero-order chi connectivity index (χ0) is 19.2. The Morgan fingerprint density at radius 2 is 1.74 bits per heavy atom. The zero-order valence-electron chi connectivity index (χ0n) is 15.3. The van der Waals surface area contributed by atoms with E-state index in [4.69, 9.17) is 4.74 Å². The summed E-state index contributed by atoms with van der Waals surface area (Å²) in [6.07, 6.45) is 0.961. The van der Waals surface area contributed by atoms with Crippen molar-refractivity contribution in [1.82, 2.24) is 4.90 Å². The number of piperazine rings is 1. The van der Waals surface area contributed by atoms with Gasteiger partial charge in [-0.3, -0.25) is 14.9 Å². The van der Waals surface area contributed by atoms with Gasteiger partial charge in [0, 0.05) is 32.2 Å². The van der Waals surface area contributed by atoms with Crippen molar-refractivity contribution in [3.05, 3.63) is 64.2 Å². The number of amides is 1. The highest BCUT2D eigenvalue weighted by Crippen LogP contribution is 2.28. The maximum Gasteiger partial charge on any atom is 0.292 e. The van der Waals surface area contributed by atoms with Gasteiger partial charge in [0.1, 0.15) is 11.4 Å². The maximum atomic E-state index is 12.4. The molecule has 142 valence electrons. The van der Waals surface area contributed by atoms with Crippen LogP contribution in [0.3, 0.4) is 0 Å². The van der Waals surface area contributed by atoms with Crippen LogP contribution in [-0.2, 0) is 11.2 Å². The Morgan fingerprint density at radius 1 is 1.07 bits per heavy atom. The third kappa shape index (κ3) is 4.55. The second-order valence-corrected chi connectivity index (χ2v) is 6.40. The Hall–Kier alpha value is -3.09. The van der Waals surface area contributed by atoms with Crippen molar-refractivity contribution in [1.29, 1.82) is 0 Å². The number of hydrogen-bond donors (Lipinski definition) is 0. The van der Waals surface area contributed by atoms with E-state index in [9.17, 15) is 14.9 Å². The summed E-state index contributed by atoms with van der Waals surface area (Å²) in [7, 11) is 0. The molecule has 0 aromatic heterocycles. The minimum absolute atomic E-state index is 0.00302. The van der Waals surface area contributed by atoms with Gasteiger partial charge in [0.25, 0.3) is 11.6 Å². The van der Waals surface area contributed by atoms with Crippen LogP contribution in [0.15, 0.2) is 48.5 Å². The third-order valence-electron chi connectivity index (χ3n) is 4.75. The van der Waals surface area contributed by atoms with Crippen LogP contribution in [-0.4, -0.2) is 48.5 Å². The van der Waals surface area contributed by atoms with E-state index in [1.165, 1.54) is 11.6 Å². The highest BCUT2D eigenvalue weighted by atomic mass is 16.6. The first-order valence-electron chi connectivity index (χ1n) is 9.06. The predicted molar refractivity (Wildman–Crippen MR) is 103 cm³/mol. The van der Waals surface area contributed by atoms with E-state index >= 15 is 0 Å². The van der Waals surface area contributed by atoms with Crippen LogP contribution in [0, 0.1) is 10.1 Å². The molecule has 0 radical (unpaired) electrons. The maximum absolute atomic E-state index is 12.4. The molecule has 7 nitrogen and oxygen atoms in total. The fraction of sp³-hybridized carbons (Fsp3) is 0.350. The summed E-state index contributed by atoms with van der Waals surface area (Å²) in [4.78, 5) is 26.9. The van der Waals surface area contributed by atoms with Gasteiger partial charge in [-0.25, -0.2) is 0 Å². The molecular formula is C20H23N3O4. The molecule has 1 heterocycles. The van der Waals surface area contributed by atoms with E-state index in [0.29, 0.717) is 37.6 Å². The van der Waals surface area contributed by atoms with Gasteiger partial charge >= 0.3 is 0 Å². The summed E-state index contributed by atoms with van der Waals surface area (Å²) in [5, 5.41) is 11.2. The van der Waals surface area contributed by atoms with Gasteiger partial charge in [0.15, 0.2) is 6.61 Å². The lowest BCUT2D eigenvalue weighted by Crippen LogP contribution is -2.50. The molecule has 2 aromatic rings. The lowest BCUT2D eigenvalue weighted by Gasteiger charge is -2.35. The van der Waals surface area contributed by atoms with Crippen LogP contribution in [0.4, 0.5) is 11.4 Å². The van der Waals surface area contributed by atoms with Crippen molar-refractivity contribution in [3.8, 4) is 5.75 Å². The van der Waals surface area contributed by atoms with Crippen molar-refractivity contribution in [2.75, 3.05) is 37.7 Å². The van der Waals surface area contributed by atoms with Gasteiger partial charge in [-0.15, -0.1) is 0 Å². The lowest BCUT2D eigenvalue weighted by molar-refractivity contribution is -0.384. The number of nitro benzene ring substituents is 1. The Kier molecular flexibility index (Phi) is 5.90. The van der Waals surface area contributed by atoms with Gasteiger partial charge in [0.2, 0.25) is 0 Å². The van der Waals surface area contributed by atoms with E-state index < -0.39 is 0 Å². The Bertz CT molecular complexity index is 799. The van der Waals surface area contributed by atoms with E-state index in [1.54, 1.807) is 23.1 Å². The first kappa shape index (κ1) is 18.7. The molecule has 0 N–H and O–H groups in total. The lowest BCUT2D eigenvalue weighted by atomic mass is 10.2. The molecule has 1 saturated heterocycles. The van der Waals surface area contributed by atoms with Crippen LogP contribution in [0.1, 0.15) is 12.5 Å². The number of anilines is 1. The number of nitro groups is 1. The fourth-order valence-electron chi connectivity index (χ4n) is 3.14. The third-order valence-corrected chi connectivity index (χ3v) is 4.75. The number of carbonyl (C=O) groups is 1. The summed E-state index contributed by atoms with van der Waals surface area (Å²) in [5.74, 6) is 0.607. The molecule has 1 fully saturated rings. The number of aryl methyl sites for hydroxylation is 1. The van der Waals surface area contributed by atoms with Crippen LogP contribution in [0.5, 0.6) is 5.75 Å². The van der Waals surface area contributed by atoms with E-state index in [1.807, 2.05) is 29.2 Å². The van der Waals surface area contributed by atoms with Gasteiger partial charge in [-0.1, -0.05) is 31.2 Å². The molecule has 1 amide bonds. The number of hydrogen-bond acceptors (Lipinski definition) is 5. The quantitative estimate of drug-likeness (QED) is 0.578. The number of benzene rings is 2. The Morgan fingerprint density at radius 3 is 2.37 bits per heavy atom. The zero-order valence-corrected chi connectivity index (χ0v) is 15.3. The van der Waals surface area contributed by atoms with Crippen molar-refractivity contribution in [2.24, 2.45) is 0 Å². The minimum atomic E-state index is -0.371. The molecule has 1 aliphatic rings. The largest absolute Gasteiger partial charge is 0.484 e. The molecular weight excluding hydrogens is 346 g/mol. The average molecular weight is 369 g/mol. The highest BCUT2D eigenvalue weighted by Gasteiger charge is 2.25. The predicted octanol–water partition coefficient (Wildman–Crippen LogP) is 2.88.